The molecular formula is C15H13Cl2FN2O. The van der Waals surface area contributed by atoms with Gasteiger partial charge in [-0.15, -0.1) is 0 Å². The number of nitrogens with one attached hydrogen (secondary N) is 2. The monoisotopic (exact) mass is 326 g/mol. The predicted molar refractivity (Wildman–Crippen MR) is 85.1 cm³/mol. The molecule has 0 aliphatic carbocycles. The van der Waals surface area contributed by atoms with E-state index in [1.165, 1.54) is 12.1 Å². The SMILES string of the molecule is CNc1ccc(C(=O)Nc2cc(Cl)c(F)c(Cl)c2)cc1C. The molecule has 0 fully saturated rings. The van der Waals surface area contributed by atoms with Crippen molar-refractivity contribution < 1.29 is 9.18 Å². The van der Waals surface area contributed by atoms with E-state index in [0.717, 1.165) is 11.3 Å². The van der Waals surface area contributed by atoms with Crippen molar-refractivity contribution in [1.29, 1.82) is 0 Å². The van der Waals surface area contributed by atoms with Gasteiger partial charge in [0.1, 0.15) is 0 Å². The highest BCUT2D eigenvalue weighted by Crippen LogP contribution is 2.27. The van der Waals surface area contributed by atoms with Gasteiger partial charge in [0.05, 0.1) is 10.0 Å². The lowest BCUT2D eigenvalue weighted by Gasteiger charge is -2.10. The van der Waals surface area contributed by atoms with Crippen LogP contribution in [0.4, 0.5) is 15.8 Å². The number of benzene rings is 2. The maximum Gasteiger partial charge on any atom is 0.255 e. The van der Waals surface area contributed by atoms with E-state index in [1.54, 1.807) is 12.1 Å². The van der Waals surface area contributed by atoms with Crippen LogP contribution in [0, 0.1) is 12.7 Å². The molecule has 2 rings (SSSR count). The Hall–Kier alpha value is -1.78. The van der Waals surface area contributed by atoms with Crippen LogP contribution in [-0.2, 0) is 0 Å². The van der Waals surface area contributed by atoms with Gasteiger partial charge in [-0.05, 0) is 42.8 Å². The van der Waals surface area contributed by atoms with Crippen molar-refractivity contribution in [3.8, 4) is 0 Å². The first kappa shape index (κ1) is 15.6. The molecule has 0 aliphatic heterocycles. The highest BCUT2D eigenvalue weighted by atomic mass is 35.5. The zero-order chi connectivity index (χ0) is 15.6. The molecule has 0 atom stereocenters. The van der Waals surface area contributed by atoms with Crippen LogP contribution in [0.2, 0.25) is 10.0 Å². The maximum absolute atomic E-state index is 13.3. The molecular weight excluding hydrogens is 314 g/mol. The molecule has 0 aliphatic rings. The predicted octanol–water partition coefficient (Wildman–Crippen LogP) is 4.73. The number of halogens is 3. The zero-order valence-electron chi connectivity index (χ0n) is 11.4. The van der Waals surface area contributed by atoms with Crippen molar-refractivity contribution >= 4 is 40.5 Å². The van der Waals surface area contributed by atoms with Gasteiger partial charge in [-0.25, -0.2) is 4.39 Å². The van der Waals surface area contributed by atoms with Crippen LogP contribution in [0.3, 0.4) is 0 Å². The van der Waals surface area contributed by atoms with Gasteiger partial charge in [0.15, 0.2) is 5.82 Å². The summed E-state index contributed by atoms with van der Waals surface area (Å²) in [7, 11) is 1.81. The minimum atomic E-state index is -0.703. The molecule has 0 aromatic heterocycles. The number of carbonyl (C=O) groups excluding carboxylic acids is 1. The summed E-state index contributed by atoms with van der Waals surface area (Å²) in [5, 5.41) is 5.38. The van der Waals surface area contributed by atoms with E-state index in [4.69, 9.17) is 23.2 Å². The summed E-state index contributed by atoms with van der Waals surface area (Å²) in [6, 6.07) is 7.90. The average Bonchev–Trinajstić information content (AvgIpc) is 2.44. The average molecular weight is 327 g/mol. The summed E-state index contributed by atoms with van der Waals surface area (Å²) in [5.41, 5.74) is 2.72. The first-order chi connectivity index (χ1) is 9.92. The number of aryl methyl sites for hydroxylation is 1. The van der Waals surface area contributed by atoms with Gasteiger partial charge in [0.25, 0.3) is 5.91 Å². The van der Waals surface area contributed by atoms with E-state index in [2.05, 4.69) is 10.6 Å². The Morgan fingerprint density at radius 3 is 2.29 bits per heavy atom. The van der Waals surface area contributed by atoms with E-state index in [0.29, 0.717) is 11.3 Å². The Labute approximate surface area is 132 Å². The normalized spacial score (nSPS) is 10.3. The van der Waals surface area contributed by atoms with Crippen LogP contribution in [0.1, 0.15) is 15.9 Å². The fraction of sp³-hybridized carbons (Fsp3) is 0.133. The Kier molecular flexibility index (Phi) is 4.70. The Balaban J connectivity index is 2.24. The number of hydrogen-bond donors (Lipinski definition) is 2. The van der Waals surface area contributed by atoms with Gasteiger partial charge < -0.3 is 10.6 Å². The fourth-order valence-electron chi connectivity index (χ4n) is 1.92. The minimum absolute atomic E-state index is 0.139. The number of rotatable bonds is 3. The lowest BCUT2D eigenvalue weighted by Crippen LogP contribution is -2.12. The highest BCUT2D eigenvalue weighted by Gasteiger charge is 2.11. The molecule has 110 valence electrons. The standard InChI is InChI=1S/C15H13Cl2FN2O/c1-8-5-9(3-4-13(8)19-2)15(21)20-10-6-11(16)14(18)12(17)7-10/h3-7,19H,1-2H3,(H,20,21). The van der Waals surface area contributed by atoms with Gasteiger partial charge in [0.2, 0.25) is 0 Å². The smallest absolute Gasteiger partial charge is 0.255 e. The second-order valence-electron chi connectivity index (χ2n) is 4.49. The lowest BCUT2D eigenvalue weighted by atomic mass is 10.1. The summed E-state index contributed by atoms with van der Waals surface area (Å²) in [6.07, 6.45) is 0. The number of carbonyl (C=O) groups is 1. The quantitative estimate of drug-likeness (QED) is 0.800. The third-order valence-corrected chi connectivity index (χ3v) is 3.55. The molecule has 2 N–H and O–H groups in total. The molecule has 1 amide bonds. The van der Waals surface area contributed by atoms with Gasteiger partial charge in [0, 0.05) is 24.0 Å². The maximum atomic E-state index is 13.3. The highest BCUT2D eigenvalue weighted by molar-refractivity contribution is 6.35. The zero-order valence-corrected chi connectivity index (χ0v) is 12.9. The van der Waals surface area contributed by atoms with Crippen molar-refractivity contribution in [2.45, 2.75) is 6.92 Å². The summed E-state index contributed by atoms with van der Waals surface area (Å²) in [4.78, 5) is 12.2. The van der Waals surface area contributed by atoms with Crippen LogP contribution >= 0.6 is 23.2 Å². The third kappa shape index (κ3) is 3.46. The summed E-state index contributed by atoms with van der Waals surface area (Å²) in [6.45, 7) is 1.90. The van der Waals surface area contributed by atoms with E-state index in [-0.39, 0.29) is 16.0 Å². The first-order valence-electron chi connectivity index (χ1n) is 6.16. The molecule has 0 unspecified atom stereocenters. The molecule has 6 heteroatoms. The van der Waals surface area contributed by atoms with Crippen LogP contribution in [0.5, 0.6) is 0 Å². The molecule has 0 radical (unpaired) electrons. The van der Waals surface area contributed by atoms with E-state index >= 15 is 0 Å². The van der Waals surface area contributed by atoms with Crippen LogP contribution < -0.4 is 10.6 Å². The van der Waals surface area contributed by atoms with Gasteiger partial charge in [-0.1, -0.05) is 23.2 Å². The fourth-order valence-corrected chi connectivity index (χ4v) is 2.40. The van der Waals surface area contributed by atoms with E-state index < -0.39 is 5.82 Å². The molecule has 0 heterocycles. The second kappa shape index (κ2) is 6.33. The first-order valence-corrected chi connectivity index (χ1v) is 6.92. The van der Waals surface area contributed by atoms with Crippen molar-refractivity contribution in [2.24, 2.45) is 0 Å². The molecule has 3 nitrogen and oxygen atoms in total. The number of amides is 1. The second-order valence-corrected chi connectivity index (χ2v) is 5.30. The Morgan fingerprint density at radius 2 is 1.76 bits per heavy atom. The van der Waals surface area contributed by atoms with Gasteiger partial charge >= 0.3 is 0 Å². The van der Waals surface area contributed by atoms with Crippen LogP contribution in [0.25, 0.3) is 0 Å². The van der Waals surface area contributed by atoms with Crippen molar-refractivity contribution in [1.82, 2.24) is 0 Å². The molecule has 0 spiro atoms. The summed E-state index contributed by atoms with van der Waals surface area (Å²) >= 11 is 11.4. The third-order valence-electron chi connectivity index (χ3n) is 3.00. The molecule has 0 saturated carbocycles. The molecule has 21 heavy (non-hydrogen) atoms. The lowest BCUT2D eigenvalue weighted by molar-refractivity contribution is 0.102. The molecule has 0 saturated heterocycles. The van der Waals surface area contributed by atoms with Crippen molar-refractivity contribution in [3.05, 3.63) is 57.3 Å². The molecule has 2 aromatic rings. The number of anilines is 2. The number of hydrogen-bond acceptors (Lipinski definition) is 2. The summed E-state index contributed by atoms with van der Waals surface area (Å²) in [5.74, 6) is -1.02. The molecule has 0 bridgehead atoms. The van der Waals surface area contributed by atoms with Crippen LogP contribution in [0.15, 0.2) is 30.3 Å². The minimum Gasteiger partial charge on any atom is -0.388 e. The van der Waals surface area contributed by atoms with Gasteiger partial charge in [-0.2, -0.15) is 0 Å². The van der Waals surface area contributed by atoms with Crippen LogP contribution in [-0.4, -0.2) is 13.0 Å². The largest absolute Gasteiger partial charge is 0.388 e. The molecule has 2 aromatic carbocycles. The van der Waals surface area contributed by atoms with Gasteiger partial charge in [-0.3, -0.25) is 4.79 Å². The van der Waals surface area contributed by atoms with E-state index in [9.17, 15) is 9.18 Å². The van der Waals surface area contributed by atoms with Crippen molar-refractivity contribution in [2.75, 3.05) is 17.7 Å². The topological polar surface area (TPSA) is 41.1 Å². The Morgan fingerprint density at radius 1 is 1.14 bits per heavy atom. The Bertz CT molecular complexity index is 681. The van der Waals surface area contributed by atoms with E-state index in [1.807, 2.05) is 20.0 Å². The van der Waals surface area contributed by atoms with Crippen molar-refractivity contribution in [3.63, 3.8) is 0 Å². The summed E-state index contributed by atoms with van der Waals surface area (Å²) < 4.78 is 13.3.